The topological polar surface area (TPSA) is 47.1 Å². The molecule has 0 saturated carbocycles. The fourth-order valence-electron chi connectivity index (χ4n) is 5.05. The van der Waals surface area contributed by atoms with Gasteiger partial charge in [-0.1, -0.05) is 30.3 Å². The molecule has 4 rings (SSSR count). The van der Waals surface area contributed by atoms with E-state index in [0.29, 0.717) is 19.1 Å². The molecule has 2 aromatic carbocycles. The number of benzene rings is 2. The van der Waals surface area contributed by atoms with E-state index in [-0.39, 0.29) is 6.04 Å². The maximum absolute atomic E-state index is 11.9. The van der Waals surface area contributed by atoms with Crippen molar-refractivity contribution in [3.05, 3.63) is 59.7 Å². The molecule has 2 aromatic rings. The number of piperazine rings is 2. The van der Waals surface area contributed by atoms with Crippen LogP contribution < -0.4 is 9.80 Å². The van der Waals surface area contributed by atoms with Crippen molar-refractivity contribution in [2.24, 2.45) is 0 Å². The zero-order valence-corrected chi connectivity index (χ0v) is 20.6. The van der Waals surface area contributed by atoms with Crippen molar-refractivity contribution in [3.8, 4) is 0 Å². The van der Waals surface area contributed by atoms with Crippen molar-refractivity contribution >= 4 is 21.4 Å². The van der Waals surface area contributed by atoms with E-state index < -0.39 is 10.0 Å². The molecular formula is C25H36N4O2S. The Morgan fingerprint density at radius 1 is 0.906 bits per heavy atom. The third kappa shape index (κ3) is 5.11. The Kier molecular flexibility index (Phi) is 6.79. The maximum atomic E-state index is 11.9. The van der Waals surface area contributed by atoms with Gasteiger partial charge >= 0.3 is 0 Å². The van der Waals surface area contributed by atoms with Crippen molar-refractivity contribution in [1.82, 2.24) is 9.21 Å². The third-order valence-corrected chi connectivity index (χ3v) is 8.18. The van der Waals surface area contributed by atoms with Crippen LogP contribution in [0.2, 0.25) is 0 Å². The van der Waals surface area contributed by atoms with Gasteiger partial charge in [-0.05, 0) is 50.1 Å². The van der Waals surface area contributed by atoms with Gasteiger partial charge in [-0.2, -0.15) is 4.31 Å². The highest BCUT2D eigenvalue weighted by atomic mass is 32.2. The number of rotatable bonds is 5. The van der Waals surface area contributed by atoms with Crippen LogP contribution in [0.15, 0.2) is 48.5 Å². The number of nitrogens with zero attached hydrogens (tertiary/aromatic N) is 4. The molecule has 2 saturated heterocycles. The van der Waals surface area contributed by atoms with Crippen molar-refractivity contribution < 1.29 is 8.42 Å². The molecule has 174 valence electrons. The molecule has 2 aliphatic heterocycles. The fourth-order valence-corrected chi connectivity index (χ4v) is 5.95. The lowest BCUT2D eigenvalue weighted by atomic mass is 10.1. The summed E-state index contributed by atoms with van der Waals surface area (Å²) in [4.78, 5) is 7.41. The van der Waals surface area contributed by atoms with E-state index in [0.717, 1.165) is 32.7 Å². The van der Waals surface area contributed by atoms with Crippen LogP contribution in [0.5, 0.6) is 0 Å². The van der Waals surface area contributed by atoms with E-state index in [4.69, 9.17) is 0 Å². The summed E-state index contributed by atoms with van der Waals surface area (Å²) in [5.41, 5.74) is 5.15. The number of hydrogen-bond acceptors (Lipinski definition) is 5. The standard InChI is InChI=1S/C25H36N4O2S/c1-20-16-24(29-15-14-28(18-22(29)3)32(4,30)31)10-11-25(20)27-13-12-26(21(2)17-27)19-23-8-6-5-7-9-23/h5-11,16,21-22H,12-15,17-19H2,1-4H3/t21-,22-/m0/s1. The summed E-state index contributed by atoms with van der Waals surface area (Å²) in [6.07, 6.45) is 1.30. The van der Waals surface area contributed by atoms with Crippen LogP contribution in [0.4, 0.5) is 11.4 Å². The van der Waals surface area contributed by atoms with Crippen LogP contribution in [0.25, 0.3) is 0 Å². The lowest BCUT2D eigenvalue weighted by Crippen LogP contribution is -2.53. The first-order valence-corrected chi connectivity index (χ1v) is 13.4. The van der Waals surface area contributed by atoms with Crippen LogP contribution in [0, 0.1) is 6.92 Å². The molecule has 0 unspecified atom stereocenters. The van der Waals surface area contributed by atoms with Crippen LogP contribution in [-0.2, 0) is 16.6 Å². The highest BCUT2D eigenvalue weighted by molar-refractivity contribution is 7.88. The second kappa shape index (κ2) is 9.41. The van der Waals surface area contributed by atoms with Gasteiger partial charge in [-0.15, -0.1) is 0 Å². The zero-order valence-electron chi connectivity index (χ0n) is 19.7. The molecular weight excluding hydrogens is 420 g/mol. The van der Waals surface area contributed by atoms with Crippen LogP contribution in [0.1, 0.15) is 25.0 Å². The molecule has 6 nitrogen and oxygen atoms in total. The predicted octanol–water partition coefficient (Wildman–Crippen LogP) is 3.18. The first-order chi connectivity index (χ1) is 15.2. The summed E-state index contributed by atoms with van der Waals surface area (Å²) in [7, 11) is -3.13. The first kappa shape index (κ1) is 23.1. The lowest BCUT2D eigenvalue weighted by molar-refractivity contribution is 0.181. The van der Waals surface area contributed by atoms with Gasteiger partial charge in [-0.3, -0.25) is 4.90 Å². The first-order valence-electron chi connectivity index (χ1n) is 11.6. The molecule has 2 heterocycles. The number of aryl methyl sites for hydroxylation is 1. The molecule has 0 bridgehead atoms. The van der Waals surface area contributed by atoms with Gasteiger partial charge in [-0.25, -0.2) is 8.42 Å². The second-order valence-electron chi connectivity index (χ2n) is 9.39. The molecule has 32 heavy (non-hydrogen) atoms. The van der Waals surface area contributed by atoms with E-state index >= 15 is 0 Å². The Morgan fingerprint density at radius 3 is 2.28 bits per heavy atom. The average molecular weight is 457 g/mol. The summed E-state index contributed by atoms with van der Waals surface area (Å²) in [5.74, 6) is 0. The number of sulfonamides is 1. The molecule has 0 spiro atoms. The van der Waals surface area contributed by atoms with Crippen molar-refractivity contribution in [3.63, 3.8) is 0 Å². The van der Waals surface area contributed by atoms with Crippen molar-refractivity contribution in [1.29, 1.82) is 0 Å². The van der Waals surface area contributed by atoms with E-state index in [1.54, 1.807) is 4.31 Å². The minimum atomic E-state index is -3.13. The lowest BCUT2D eigenvalue weighted by Gasteiger charge is -2.42. The van der Waals surface area contributed by atoms with Crippen molar-refractivity contribution in [2.45, 2.75) is 39.4 Å². The van der Waals surface area contributed by atoms with E-state index in [1.807, 2.05) is 0 Å². The van der Waals surface area contributed by atoms with E-state index in [1.165, 1.54) is 28.8 Å². The van der Waals surface area contributed by atoms with Gasteiger partial charge in [0.2, 0.25) is 10.0 Å². The minimum Gasteiger partial charge on any atom is -0.368 e. The second-order valence-corrected chi connectivity index (χ2v) is 11.4. The normalized spacial score (nSPS) is 23.5. The number of anilines is 2. The summed E-state index contributed by atoms with van der Waals surface area (Å²) in [5, 5.41) is 0. The molecule has 0 amide bonds. The van der Waals surface area contributed by atoms with Gasteiger partial charge in [0.05, 0.1) is 6.26 Å². The molecule has 0 aromatic heterocycles. The monoisotopic (exact) mass is 456 g/mol. The SMILES string of the molecule is Cc1cc(N2CCN(S(C)(=O)=O)C[C@@H]2C)ccc1N1CCN(Cc2ccccc2)[C@@H](C)C1. The van der Waals surface area contributed by atoms with Gasteiger partial charge < -0.3 is 9.80 Å². The maximum Gasteiger partial charge on any atom is 0.211 e. The highest BCUT2D eigenvalue weighted by Gasteiger charge is 2.29. The Bertz CT molecular complexity index is 1030. The highest BCUT2D eigenvalue weighted by Crippen LogP contribution is 2.30. The quantitative estimate of drug-likeness (QED) is 0.692. The average Bonchev–Trinajstić information content (AvgIpc) is 2.75. The fraction of sp³-hybridized carbons (Fsp3) is 0.520. The van der Waals surface area contributed by atoms with Crippen LogP contribution >= 0.6 is 0 Å². The molecule has 0 aliphatic carbocycles. The third-order valence-electron chi connectivity index (χ3n) is 6.91. The van der Waals surface area contributed by atoms with Crippen LogP contribution in [-0.4, -0.2) is 75.2 Å². The minimum absolute atomic E-state index is 0.158. The predicted molar refractivity (Wildman–Crippen MR) is 133 cm³/mol. The largest absolute Gasteiger partial charge is 0.368 e. The van der Waals surface area contributed by atoms with Gasteiger partial charge in [0.1, 0.15) is 0 Å². The van der Waals surface area contributed by atoms with Gasteiger partial charge in [0.15, 0.2) is 0 Å². The molecule has 2 atom stereocenters. The van der Waals surface area contributed by atoms with Crippen molar-refractivity contribution in [2.75, 3.05) is 55.3 Å². The Labute approximate surface area is 193 Å². The number of hydrogen-bond donors (Lipinski definition) is 0. The Morgan fingerprint density at radius 2 is 1.66 bits per heavy atom. The Hall–Kier alpha value is -2.09. The Balaban J connectivity index is 1.41. The van der Waals surface area contributed by atoms with Gasteiger partial charge in [0.25, 0.3) is 0 Å². The molecule has 0 N–H and O–H groups in total. The molecule has 2 aliphatic rings. The van der Waals surface area contributed by atoms with E-state index in [2.05, 4.69) is 84.0 Å². The summed E-state index contributed by atoms with van der Waals surface area (Å²) in [6, 6.07) is 18.1. The molecule has 2 fully saturated rings. The zero-order chi connectivity index (χ0) is 22.9. The summed E-state index contributed by atoms with van der Waals surface area (Å²) >= 11 is 0. The smallest absolute Gasteiger partial charge is 0.211 e. The van der Waals surface area contributed by atoms with E-state index in [9.17, 15) is 8.42 Å². The van der Waals surface area contributed by atoms with Gasteiger partial charge in [0, 0.05) is 69.3 Å². The van der Waals surface area contributed by atoms with Crippen LogP contribution in [0.3, 0.4) is 0 Å². The summed E-state index contributed by atoms with van der Waals surface area (Å²) < 4.78 is 25.4. The molecule has 0 radical (unpaired) electrons. The summed E-state index contributed by atoms with van der Waals surface area (Å²) in [6.45, 7) is 12.5. The molecule has 7 heteroatoms.